The van der Waals surface area contributed by atoms with Gasteiger partial charge in [-0.1, -0.05) is 12.0 Å². The Morgan fingerprint density at radius 1 is 1.09 bits per heavy atom. The summed E-state index contributed by atoms with van der Waals surface area (Å²) in [6, 6.07) is 10.2. The van der Waals surface area contributed by atoms with Crippen molar-refractivity contribution < 1.29 is 35.9 Å². The number of hydrogen-bond donors (Lipinski definition) is 3. The van der Waals surface area contributed by atoms with Crippen molar-refractivity contribution in [1.29, 1.82) is 0 Å². The Labute approximate surface area is 254 Å². The van der Waals surface area contributed by atoms with Crippen LogP contribution in [0.1, 0.15) is 18.5 Å². The number of likely N-dealkylation sites (tertiary alicyclic amines) is 1. The molecule has 1 fully saturated rings. The van der Waals surface area contributed by atoms with Crippen molar-refractivity contribution in [3.05, 3.63) is 48.2 Å². The molecule has 0 spiro atoms. The number of alkyl halides is 3. The molecular weight excluding hydrogens is 599 g/mol. The van der Waals surface area contributed by atoms with Gasteiger partial charge in [-0.25, -0.2) is 13.2 Å². The first-order valence-electron chi connectivity index (χ1n) is 14.0. The molecule has 1 aliphatic heterocycles. The van der Waals surface area contributed by atoms with Crippen LogP contribution in [-0.2, 0) is 21.1 Å². The number of carbonyl (C=O) groups excluding carboxylic acids is 1. The summed E-state index contributed by atoms with van der Waals surface area (Å²) in [5.74, 6) is 5.92. The molecule has 3 N–H and O–H groups in total. The molecule has 1 aromatic heterocycles. The van der Waals surface area contributed by atoms with Crippen molar-refractivity contribution in [3.63, 3.8) is 0 Å². The first-order chi connectivity index (χ1) is 20.9. The molecule has 0 aliphatic carbocycles. The second-order valence-corrected chi connectivity index (χ2v) is 12.5. The molecule has 1 saturated heterocycles. The quantitative estimate of drug-likeness (QED) is 0.285. The van der Waals surface area contributed by atoms with E-state index in [2.05, 4.69) is 32.7 Å². The zero-order valence-electron chi connectivity index (χ0n) is 24.8. The van der Waals surface area contributed by atoms with E-state index in [1.54, 1.807) is 25.3 Å². The van der Waals surface area contributed by atoms with E-state index in [9.17, 15) is 26.4 Å². The maximum absolute atomic E-state index is 13.6. The first kappa shape index (κ1) is 33.0. The lowest BCUT2D eigenvalue weighted by Crippen LogP contribution is -2.46. The third kappa shape index (κ3) is 8.81. The van der Waals surface area contributed by atoms with Crippen molar-refractivity contribution in [2.75, 3.05) is 63.9 Å². The van der Waals surface area contributed by atoms with E-state index >= 15 is 0 Å². The number of nitrogens with one attached hydrogen (secondary N) is 3. The molecule has 0 bridgehead atoms. The SMILES string of the molecule is COCCN1CCC(NC(=O)Nc2cccc3c2cc(C#CCNc2ccc(S(C)(=O)=O)cc2OC)n3CC(F)(F)F)CC1. The van der Waals surface area contributed by atoms with Crippen molar-refractivity contribution in [2.24, 2.45) is 0 Å². The molecule has 3 aromatic rings. The molecular formula is C30H36F3N5O5S. The van der Waals surface area contributed by atoms with Crippen LogP contribution in [0.25, 0.3) is 10.9 Å². The molecule has 10 nitrogen and oxygen atoms in total. The number of carbonyl (C=O) groups is 1. The number of ether oxygens (including phenoxy) is 2. The number of aromatic nitrogens is 1. The second-order valence-electron chi connectivity index (χ2n) is 10.5. The highest BCUT2D eigenvalue weighted by atomic mass is 32.2. The first-order valence-corrected chi connectivity index (χ1v) is 15.9. The molecule has 14 heteroatoms. The number of sulfone groups is 1. The van der Waals surface area contributed by atoms with Crippen LogP contribution in [0.5, 0.6) is 5.75 Å². The fourth-order valence-corrected chi connectivity index (χ4v) is 5.67. The van der Waals surface area contributed by atoms with E-state index in [0.717, 1.165) is 43.3 Å². The molecule has 238 valence electrons. The number of nitrogens with zero attached hydrogens (tertiary/aromatic N) is 2. The number of anilines is 2. The molecule has 2 heterocycles. The van der Waals surface area contributed by atoms with Gasteiger partial charge in [0.25, 0.3) is 0 Å². The number of urea groups is 1. The van der Waals surface area contributed by atoms with Gasteiger partial charge in [-0.3, -0.25) is 0 Å². The van der Waals surface area contributed by atoms with Crippen molar-refractivity contribution in [3.8, 4) is 17.6 Å². The maximum atomic E-state index is 13.6. The molecule has 44 heavy (non-hydrogen) atoms. The molecule has 0 saturated carbocycles. The summed E-state index contributed by atoms with van der Waals surface area (Å²) >= 11 is 0. The van der Waals surface area contributed by atoms with Gasteiger partial charge in [-0.2, -0.15) is 13.2 Å². The Morgan fingerprint density at radius 3 is 2.50 bits per heavy atom. The number of halogens is 3. The number of methoxy groups -OCH3 is 2. The van der Waals surface area contributed by atoms with Crippen LogP contribution in [0.2, 0.25) is 0 Å². The highest BCUT2D eigenvalue weighted by Gasteiger charge is 2.30. The summed E-state index contributed by atoms with van der Waals surface area (Å²) in [6.07, 6.45) is -1.85. The summed E-state index contributed by atoms with van der Waals surface area (Å²) in [4.78, 5) is 15.2. The van der Waals surface area contributed by atoms with Gasteiger partial charge in [0.05, 0.1) is 47.7 Å². The molecule has 4 rings (SSSR count). The van der Waals surface area contributed by atoms with E-state index in [1.807, 2.05) is 0 Å². The topological polar surface area (TPSA) is 114 Å². The Hall–Kier alpha value is -3.93. The zero-order chi connectivity index (χ0) is 31.9. The van der Waals surface area contributed by atoms with Gasteiger partial charge >= 0.3 is 12.2 Å². The van der Waals surface area contributed by atoms with Gasteiger partial charge in [0.1, 0.15) is 12.3 Å². The molecule has 1 aliphatic rings. The van der Waals surface area contributed by atoms with Crippen LogP contribution >= 0.6 is 0 Å². The minimum atomic E-state index is -4.51. The average molecular weight is 636 g/mol. The van der Waals surface area contributed by atoms with Crippen LogP contribution in [-0.4, -0.2) is 89.4 Å². The smallest absolute Gasteiger partial charge is 0.406 e. The second kappa shape index (κ2) is 14.2. The summed E-state index contributed by atoms with van der Waals surface area (Å²) < 4.78 is 75.9. The Bertz CT molecular complexity index is 1640. The monoisotopic (exact) mass is 635 g/mol. The standard InChI is InChI=1S/C30H36F3N5O5S/c1-42-17-16-37-14-11-21(12-15-37)35-29(39)36-25-7-4-8-27-24(25)18-22(38(27)20-30(31,32)33)6-5-13-34-26-10-9-23(44(3,40)41)19-28(26)43-2/h4,7-10,18-19,21,34H,11-17,20H2,1-3H3,(H2,35,36,39). The van der Waals surface area contributed by atoms with Crippen LogP contribution in [0.4, 0.5) is 29.3 Å². The summed E-state index contributed by atoms with van der Waals surface area (Å²) in [5.41, 5.74) is 1.25. The third-order valence-electron chi connectivity index (χ3n) is 7.25. The minimum Gasteiger partial charge on any atom is -0.495 e. The van der Waals surface area contributed by atoms with Crippen molar-refractivity contribution >= 4 is 38.1 Å². The Balaban J connectivity index is 1.50. The molecule has 2 aromatic carbocycles. The van der Waals surface area contributed by atoms with E-state index in [0.29, 0.717) is 23.4 Å². The van der Waals surface area contributed by atoms with E-state index in [-0.39, 0.29) is 34.4 Å². The predicted octanol–water partition coefficient (Wildman–Crippen LogP) is 4.31. The average Bonchev–Trinajstić information content (AvgIpc) is 3.31. The minimum absolute atomic E-state index is 0.0158. The lowest BCUT2D eigenvalue weighted by molar-refractivity contribution is -0.140. The highest BCUT2D eigenvalue weighted by Crippen LogP contribution is 2.31. The largest absolute Gasteiger partial charge is 0.495 e. The summed E-state index contributed by atoms with van der Waals surface area (Å²) in [7, 11) is -0.380. The summed E-state index contributed by atoms with van der Waals surface area (Å²) in [6.45, 7) is 1.93. The van der Waals surface area contributed by atoms with Crippen LogP contribution < -0.4 is 20.7 Å². The van der Waals surface area contributed by atoms with Crippen LogP contribution in [0.15, 0.2) is 47.4 Å². The van der Waals surface area contributed by atoms with Gasteiger partial charge in [0.15, 0.2) is 9.84 Å². The van der Waals surface area contributed by atoms with Gasteiger partial charge in [0, 0.05) is 50.5 Å². The van der Waals surface area contributed by atoms with Gasteiger partial charge in [-0.15, -0.1) is 0 Å². The number of amides is 2. The number of benzene rings is 2. The van der Waals surface area contributed by atoms with Crippen molar-refractivity contribution in [2.45, 2.75) is 36.5 Å². The van der Waals surface area contributed by atoms with E-state index in [1.165, 1.54) is 31.4 Å². The lowest BCUT2D eigenvalue weighted by atomic mass is 10.1. The zero-order valence-corrected chi connectivity index (χ0v) is 25.6. The highest BCUT2D eigenvalue weighted by molar-refractivity contribution is 7.90. The molecule has 0 unspecified atom stereocenters. The fraction of sp³-hybridized carbons (Fsp3) is 0.433. The van der Waals surface area contributed by atoms with Crippen molar-refractivity contribution in [1.82, 2.24) is 14.8 Å². The van der Waals surface area contributed by atoms with E-state index in [4.69, 9.17) is 9.47 Å². The number of piperidine rings is 1. The molecule has 0 radical (unpaired) electrons. The van der Waals surface area contributed by atoms with Crippen LogP contribution in [0.3, 0.4) is 0 Å². The Kier molecular flexibility index (Phi) is 10.7. The third-order valence-corrected chi connectivity index (χ3v) is 8.36. The maximum Gasteiger partial charge on any atom is 0.406 e. The predicted molar refractivity (Wildman–Crippen MR) is 163 cm³/mol. The fourth-order valence-electron chi connectivity index (χ4n) is 5.03. The number of fused-ring (bicyclic) bond motifs is 1. The lowest BCUT2D eigenvalue weighted by Gasteiger charge is -2.32. The van der Waals surface area contributed by atoms with E-state index < -0.39 is 28.6 Å². The number of hydrogen-bond acceptors (Lipinski definition) is 7. The molecule has 2 amide bonds. The van der Waals surface area contributed by atoms with Crippen LogP contribution in [0, 0.1) is 11.8 Å². The summed E-state index contributed by atoms with van der Waals surface area (Å²) in [5, 5.41) is 9.21. The number of rotatable bonds is 10. The normalized spacial score (nSPS) is 14.6. The van der Waals surface area contributed by atoms with Gasteiger partial charge < -0.3 is 34.9 Å². The van der Waals surface area contributed by atoms with Gasteiger partial charge in [0.2, 0.25) is 0 Å². The van der Waals surface area contributed by atoms with Gasteiger partial charge in [-0.05, 0) is 49.1 Å². The Morgan fingerprint density at radius 2 is 1.84 bits per heavy atom. The molecule has 0 atom stereocenters.